The first-order chi connectivity index (χ1) is 11.5. The molecule has 1 N–H and O–H groups in total. The Morgan fingerprint density at radius 3 is 2.58 bits per heavy atom. The molecular formula is C19H18BrN3S. The first-order valence-electron chi connectivity index (χ1n) is 7.61. The SMILES string of the molecule is Cc1cc(C)c(-c2csc(N/N=C\c3cccc(Br)c3)n2)c(C)c1. The summed E-state index contributed by atoms with van der Waals surface area (Å²) in [6.45, 7) is 6.38. The van der Waals surface area contributed by atoms with Gasteiger partial charge in [-0.3, -0.25) is 5.43 Å². The lowest BCUT2D eigenvalue weighted by atomic mass is 9.98. The number of benzene rings is 2. The molecular weight excluding hydrogens is 382 g/mol. The van der Waals surface area contributed by atoms with Gasteiger partial charge in [-0.05, 0) is 49.6 Å². The van der Waals surface area contributed by atoms with Gasteiger partial charge in [0.05, 0.1) is 11.9 Å². The van der Waals surface area contributed by atoms with Gasteiger partial charge < -0.3 is 0 Å². The highest BCUT2D eigenvalue weighted by Gasteiger charge is 2.10. The van der Waals surface area contributed by atoms with Crippen LogP contribution in [-0.4, -0.2) is 11.2 Å². The predicted molar refractivity (Wildman–Crippen MR) is 107 cm³/mol. The second-order valence-corrected chi connectivity index (χ2v) is 7.51. The number of hydrogen-bond donors (Lipinski definition) is 1. The maximum Gasteiger partial charge on any atom is 0.203 e. The smallest absolute Gasteiger partial charge is 0.203 e. The van der Waals surface area contributed by atoms with Crippen molar-refractivity contribution in [2.75, 3.05) is 5.43 Å². The molecule has 2 aromatic carbocycles. The third-order valence-electron chi connectivity index (χ3n) is 3.66. The molecule has 24 heavy (non-hydrogen) atoms. The van der Waals surface area contributed by atoms with E-state index in [9.17, 15) is 0 Å². The summed E-state index contributed by atoms with van der Waals surface area (Å²) in [5, 5.41) is 7.13. The standard InChI is InChI=1S/C19H18BrN3S/c1-12-7-13(2)18(14(3)8-12)17-11-24-19(22-17)23-21-10-15-5-4-6-16(20)9-15/h4-11H,1-3H3,(H,22,23)/b21-10-. The molecule has 3 nitrogen and oxygen atoms in total. The van der Waals surface area contributed by atoms with Crippen molar-refractivity contribution >= 4 is 38.6 Å². The number of anilines is 1. The van der Waals surface area contributed by atoms with Gasteiger partial charge in [-0.2, -0.15) is 5.10 Å². The van der Waals surface area contributed by atoms with Crippen LogP contribution in [0.5, 0.6) is 0 Å². The largest absolute Gasteiger partial charge is 0.253 e. The molecule has 0 amide bonds. The fraction of sp³-hybridized carbons (Fsp3) is 0.158. The van der Waals surface area contributed by atoms with Gasteiger partial charge in [0.2, 0.25) is 5.13 Å². The number of hydrazone groups is 1. The Morgan fingerprint density at radius 2 is 1.88 bits per heavy atom. The minimum atomic E-state index is 0.788. The molecule has 0 aliphatic carbocycles. The Balaban J connectivity index is 1.77. The van der Waals surface area contributed by atoms with Crippen molar-refractivity contribution in [2.45, 2.75) is 20.8 Å². The van der Waals surface area contributed by atoms with E-state index >= 15 is 0 Å². The summed E-state index contributed by atoms with van der Waals surface area (Å²) >= 11 is 5.01. The van der Waals surface area contributed by atoms with Crippen LogP contribution in [0.2, 0.25) is 0 Å². The summed E-state index contributed by atoms with van der Waals surface area (Å²) < 4.78 is 1.04. The second kappa shape index (κ2) is 7.28. The molecule has 0 saturated carbocycles. The van der Waals surface area contributed by atoms with E-state index in [1.54, 1.807) is 17.6 Å². The molecule has 0 aliphatic rings. The van der Waals surface area contributed by atoms with Gasteiger partial charge in [-0.25, -0.2) is 4.98 Å². The molecule has 1 aromatic heterocycles. The van der Waals surface area contributed by atoms with Gasteiger partial charge in [0.15, 0.2) is 0 Å². The van der Waals surface area contributed by atoms with Crippen molar-refractivity contribution in [1.82, 2.24) is 4.98 Å². The minimum Gasteiger partial charge on any atom is -0.253 e. The van der Waals surface area contributed by atoms with Crippen LogP contribution < -0.4 is 5.43 Å². The van der Waals surface area contributed by atoms with Crippen molar-refractivity contribution in [3.05, 3.63) is 68.5 Å². The van der Waals surface area contributed by atoms with Crippen LogP contribution in [0.15, 0.2) is 51.4 Å². The molecule has 0 bridgehead atoms. The average Bonchev–Trinajstić information content (AvgIpc) is 2.95. The van der Waals surface area contributed by atoms with Crippen molar-refractivity contribution in [1.29, 1.82) is 0 Å². The molecule has 0 saturated heterocycles. The summed E-state index contributed by atoms with van der Waals surface area (Å²) in [4.78, 5) is 4.66. The Morgan fingerprint density at radius 1 is 1.12 bits per heavy atom. The van der Waals surface area contributed by atoms with E-state index in [1.807, 2.05) is 24.3 Å². The molecule has 3 aromatic rings. The zero-order chi connectivity index (χ0) is 17.1. The van der Waals surface area contributed by atoms with Crippen molar-refractivity contribution < 1.29 is 0 Å². The van der Waals surface area contributed by atoms with Gasteiger partial charge in [-0.1, -0.05) is 45.8 Å². The second-order valence-electron chi connectivity index (χ2n) is 5.74. The fourth-order valence-electron chi connectivity index (χ4n) is 2.77. The van der Waals surface area contributed by atoms with Crippen molar-refractivity contribution in [2.24, 2.45) is 5.10 Å². The number of aromatic nitrogens is 1. The third-order valence-corrected chi connectivity index (χ3v) is 4.90. The van der Waals surface area contributed by atoms with Gasteiger partial charge in [-0.15, -0.1) is 11.3 Å². The monoisotopic (exact) mass is 399 g/mol. The molecule has 122 valence electrons. The van der Waals surface area contributed by atoms with Crippen LogP contribution in [0.25, 0.3) is 11.3 Å². The predicted octanol–water partition coefficient (Wildman–Crippen LogP) is 5.94. The van der Waals surface area contributed by atoms with Crippen LogP contribution in [0, 0.1) is 20.8 Å². The maximum absolute atomic E-state index is 4.66. The van der Waals surface area contributed by atoms with E-state index in [0.717, 1.165) is 20.9 Å². The van der Waals surface area contributed by atoms with Crippen LogP contribution >= 0.6 is 27.3 Å². The summed E-state index contributed by atoms with van der Waals surface area (Å²) in [5.41, 5.74) is 10.0. The molecule has 0 unspecified atom stereocenters. The minimum absolute atomic E-state index is 0.788. The van der Waals surface area contributed by atoms with Gasteiger partial charge >= 0.3 is 0 Å². The van der Waals surface area contributed by atoms with Crippen molar-refractivity contribution in [3.8, 4) is 11.3 Å². The highest BCUT2D eigenvalue weighted by Crippen LogP contribution is 2.31. The Bertz CT molecular complexity index is 876. The molecule has 0 radical (unpaired) electrons. The molecule has 1 heterocycles. The lowest BCUT2D eigenvalue weighted by Crippen LogP contribution is -1.92. The topological polar surface area (TPSA) is 37.3 Å². The molecule has 0 aliphatic heterocycles. The Labute approximate surface area is 154 Å². The van der Waals surface area contributed by atoms with Crippen molar-refractivity contribution in [3.63, 3.8) is 0 Å². The van der Waals surface area contributed by atoms with E-state index in [4.69, 9.17) is 0 Å². The highest BCUT2D eigenvalue weighted by molar-refractivity contribution is 9.10. The van der Waals surface area contributed by atoms with Crippen LogP contribution in [-0.2, 0) is 0 Å². The molecule has 5 heteroatoms. The number of thiazole rings is 1. The summed E-state index contributed by atoms with van der Waals surface area (Å²) in [6, 6.07) is 12.4. The zero-order valence-corrected chi connectivity index (χ0v) is 16.2. The number of rotatable bonds is 4. The quantitative estimate of drug-likeness (QED) is 0.434. The Kier molecular flexibility index (Phi) is 5.11. The number of aryl methyl sites for hydroxylation is 3. The number of hydrogen-bond acceptors (Lipinski definition) is 4. The lowest BCUT2D eigenvalue weighted by molar-refractivity contribution is 1.26. The summed E-state index contributed by atoms with van der Waals surface area (Å²) in [7, 11) is 0. The van der Waals surface area contributed by atoms with Gasteiger partial charge in [0.1, 0.15) is 0 Å². The number of nitrogens with zero attached hydrogens (tertiary/aromatic N) is 2. The van der Waals surface area contributed by atoms with Crippen LogP contribution in [0.4, 0.5) is 5.13 Å². The molecule has 0 spiro atoms. The highest BCUT2D eigenvalue weighted by atomic mass is 79.9. The van der Waals surface area contributed by atoms with Gasteiger partial charge in [0.25, 0.3) is 0 Å². The maximum atomic E-state index is 4.66. The molecule has 0 atom stereocenters. The van der Waals surface area contributed by atoms with Crippen LogP contribution in [0.3, 0.4) is 0 Å². The first-order valence-corrected chi connectivity index (χ1v) is 9.28. The van der Waals surface area contributed by atoms with E-state index < -0.39 is 0 Å². The van der Waals surface area contributed by atoms with E-state index in [2.05, 4.69) is 69.7 Å². The lowest BCUT2D eigenvalue weighted by Gasteiger charge is -2.08. The molecule has 3 rings (SSSR count). The summed E-state index contributed by atoms with van der Waals surface area (Å²) in [5.74, 6) is 0. The third kappa shape index (κ3) is 3.91. The van der Waals surface area contributed by atoms with E-state index in [0.29, 0.717) is 0 Å². The molecule has 0 fully saturated rings. The first kappa shape index (κ1) is 16.9. The average molecular weight is 400 g/mol. The van der Waals surface area contributed by atoms with Gasteiger partial charge in [0, 0.05) is 15.4 Å². The van der Waals surface area contributed by atoms with E-state index in [1.165, 1.54) is 22.3 Å². The number of halogens is 1. The Hall–Kier alpha value is -1.98. The fourth-order valence-corrected chi connectivity index (χ4v) is 3.84. The van der Waals surface area contributed by atoms with E-state index in [-0.39, 0.29) is 0 Å². The zero-order valence-electron chi connectivity index (χ0n) is 13.8. The summed E-state index contributed by atoms with van der Waals surface area (Å²) in [6.07, 6.45) is 1.79. The number of nitrogens with one attached hydrogen (secondary N) is 1. The normalized spacial score (nSPS) is 11.2. The van der Waals surface area contributed by atoms with Crippen LogP contribution in [0.1, 0.15) is 22.3 Å².